The van der Waals surface area contributed by atoms with E-state index in [2.05, 4.69) is 0 Å². The molecule has 20 heavy (non-hydrogen) atoms. The topological polar surface area (TPSA) is 0 Å². The van der Waals surface area contributed by atoms with Crippen molar-refractivity contribution in [2.24, 2.45) is 0 Å². The van der Waals surface area contributed by atoms with E-state index in [-0.39, 0.29) is 5.56 Å². The van der Waals surface area contributed by atoms with E-state index in [0.717, 1.165) is 5.39 Å². The van der Waals surface area contributed by atoms with E-state index >= 15 is 0 Å². The zero-order chi connectivity index (χ0) is 14.3. The summed E-state index contributed by atoms with van der Waals surface area (Å²) in [5.74, 6) is -5.85. The molecule has 4 heteroatoms. The summed E-state index contributed by atoms with van der Waals surface area (Å²) in [5, 5.41) is 1.33. The molecule has 0 unspecified atom stereocenters. The highest BCUT2D eigenvalue weighted by atomic mass is 19.2. The maximum absolute atomic E-state index is 13.9. The second-order valence-electron chi connectivity index (χ2n) is 4.37. The highest BCUT2D eigenvalue weighted by molar-refractivity contribution is 5.96. The van der Waals surface area contributed by atoms with Gasteiger partial charge in [0.1, 0.15) is 5.82 Å². The van der Waals surface area contributed by atoms with Crippen LogP contribution in [0.25, 0.3) is 21.9 Å². The minimum Gasteiger partial charge on any atom is -0.206 e. The van der Waals surface area contributed by atoms with Crippen LogP contribution in [0.4, 0.5) is 17.6 Å². The molecular weight excluding hydrogens is 268 g/mol. The second-order valence-corrected chi connectivity index (χ2v) is 4.37. The molecular formula is C16H8F4. The zero-order valence-electron chi connectivity index (χ0n) is 10.1. The van der Waals surface area contributed by atoms with Crippen LogP contribution in [-0.4, -0.2) is 0 Å². The number of fused-ring (bicyclic) bond motifs is 1. The summed E-state index contributed by atoms with van der Waals surface area (Å²) in [4.78, 5) is 0. The largest absolute Gasteiger partial charge is 0.206 e. The van der Waals surface area contributed by atoms with Crippen molar-refractivity contribution < 1.29 is 17.6 Å². The number of hydrogen-bond donors (Lipinski definition) is 0. The molecule has 0 bridgehead atoms. The number of halogens is 4. The van der Waals surface area contributed by atoms with Gasteiger partial charge in [0.2, 0.25) is 0 Å². The summed E-state index contributed by atoms with van der Waals surface area (Å²) < 4.78 is 54.1. The predicted octanol–water partition coefficient (Wildman–Crippen LogP) is 5.06. The number of benzene rings is 3. The quantitative estimate of drug-likeness (QED) is 0.331. The summed E-state index contributed by atoms with van der Waals surface area (Å²) in [6.45, 7) is 0. The molecule has 0 heterocycles. The van der Waals surface area contributed by atoms with Gasteiger partial charge < -0.3 is 0 Å². The Bertz CT molecular complexity index is 804. The molecule has 0 aromatic heterocycles. The van der Waals surface area contributed by atoms with Crippen molar-refractivity contribution in [1.82, 2.24) is 0 Å². The highest BCUT2D eigenvalue weighted by Gasteiger charge is 2.21. The zero-order valence-corrected chi connectivity index (χ0v) is 10.1. The summed E-state index contributed by atoms with van der Waals surface area (Å²) in [6, 6.07) is 12.1. The van der Waals surface area contributed by atoms with Crippen LogP contribution in [0.2, 0.25) is 0 Å². The van der Waals surface area contributed by atoms with Crippen molar-refractivity contribution >= 4 is 10.8 Å². The van der Waals surface area contributed by atoms with E-state index in [9.17, 15) is 17.6 Å². The summed E-state index contributed by atoms with van der Waals surface area (Å²) in [5.41, 5.74) is -0.363. The SMILES string of the molecule is Fc1cc(F)c(-c2cccc3ccccc23)c(F)c1F. The van der Waals surface area contributed by atoms with Gasteiger partial charge in [-0.15, -0.1) is 0 Å². The Hall–Kier alpha value is -2.36. The molecule has 0 N–H and O–H groups in total. The normalized spacial score (nSPS) is 11.0. The van der Waals surface area contributed by atoms with Gasteiger partial charge in [0, 0.05) is 6.07 Å². The van der Waals surface area contributed by atoms with E-state index in [1.54, 1.807) is 36.4 Å². The first kappa shape index (κ1) is 12.7. The van der Waals surface area contributed by atoms with E-state index in [1.807, 2.05) is 0 Å². The molecule has 3 aromatic rings. The van der Waals surface area contributed by atoms with Crippen LogP contribution in [0.5, 0.6) is 0 Å². The highest BCUT2D eigenvalue weighted by Crippen LogP contribution is 2.34. The van der Waals surface area contributed by atoms with Gasteiger partial charge in [-0.25, -0.2) is 17.6 Å². The van der Waals surface area contributed by atoms with Gasteiger partial charge in [-0.3, -0.25) is 0 Å². The Morgan fingerprint density at radius 3 is 2.15 bits per heavy atom. The average Bonchev–Trinajstić information content (AvgIpc) is 2.45. The predicted molar refractivity (Wildman–Crippen MR) is 69.2 cm³/mol. The first-order valence-electron chi connectivity index (χ1n) is 5.90. The van der Waals surface area contributed by atoms with Crippen LogP contribution in [0.3, 0.4) is 0 Å². The van der Waals surface area contributed by atoms with Gasteiger partial charge in [-0.1, -0.05) is 42.5 Å². The summed E-state index contributed by atoms with van der Waals surface area (Å²) in [6.07, 6.45) is 0. The van der Waals surface area contributed by atoms with Crippen molar-refractivity contribution in [2.45, 2.75) is 0 Å². The molecule has 0 spiro atoms. The standard InChI is InChI=1S/C16H8F4/c17-12-8-13(18)15(19)16(20)14(12)11-7-3-5-9-4-1-2-6-10(9)11/h1-8H. The lowest BCUT2D eigenvalue weighted by Gasteiger charge is -2.10. The molecule has 0 nitrogen and oxygen atoms in total. The van der Waals surface area contributed by atoms with Crippen molar-refractivity contribution in [2.75, 3.05) is 0 Å². The Labute approximate surface area is 112 Å². The lowest BCUT2D eigenvalue weighted by Crippen LogP contribution is -1.99. The molecule has 0 saturated heterocycles. The van der Waals surface area contributed by atoms with Crippen LogP contribution >= 0.6 is 0 Å². The Morgan fingerprint density at radius 1 is 0.650 bits per heavy atom. The van der Waals surface area contributed by atoms with Crippen LogP contribution in [0, 0.1) is 23.3 Å². The fourth-order valence-electron chi connectivity index (χ4n) is 2.26. The molecule has 0 radical (unpaired) electrons. The van der Waals surface area contributed by atoms with Gasteiger partial charge in [0.05, 0.1) is 5.56 Å². The molecule has 0 aliphatic carbocycles. The van der Waals surface area contributed by atoms with Crippen molar-refractivity contribution in [3.63, 3.8) is 0 Å². The van der Waals surface area contributed by atoms with Gasteiger partial charge >= 0.3 is 0 Å². The number of rotatable bonds is 1. The third-order valence-corrected chi connectivity index (χ3v) is 3.17. The third-order valence-electron chi connectivity index (χ3n) is 3.17. The molecule has 0 amide bonds. The average molecular weight is 276 g/mol. The Morgan fingerprint density at radius 2 is 1.35 bits per heavy atom. The van der Waals surface area contributed by atoms with E-state index < -0.39 is 28.8 Å². The fraction of sp³-hybridized carbons (Fsp3) is 0. The fourth-order valence-corrected chi connectivity index (χ4v) is 2.26. The van der Waals surface area contributed by atoms with Crippen molar-refractivity contribution in [3.8, 4) is 11.1 Å². The molecule has 0 atom stereocenters. The molecule has 0 aliphatic rings. The van der Waals surface area contributed by atoms with Gasteiger partial charge in [-0.2, -0.15) is 0 Å². The van der Waals surface area contributed by atoms with Crippen molar-refractivity contribution in [3.05, 3.63) is 71.8 Å². The van der Waals surface area contributed by atoms with Gasteiger partial charge in [0.25, 0.3) is 0 Å². The first-order chi connectivity index (χ1) is 9.59. The maximum Gasteiger partial charge on any atom is 0.195 e. The van der Waals surface area contributed by atoms with E-state index in [1.165, 1.54) is 6.07 Å². The molecule has 0 saturated carbocycles. The maximum atomic E-state index is 13.9. The molecule has 3 aromatic carbocycles. The van der Waals surface area contributed by atoms with Crippen LogP contribution in [-0.2, 0) is 0 Å². The molecule has 3 rings (SSSR count). The lowest BCUT2D eigenvalue weighted by molar-refractivity contribution is 0.437. The van der Waals surface area contributed by atoms with E-state index in [4.69, 9.17) is 0 Å². The Balaban J connectivity index is 2.40. The molecule has 100 valence electrons. The molecule has 0 fully saturated rings. The minimum atomic E-state index is -1.67. The van der Waals surface area contributed by atoms with Crippen molar-refractivity contribution in [1.29, 1.82) is 0 Å². The smallest absolute Gasteiger partial charge is 0.195 e. The van der Waals surface area contributed by atoms with Crippen LogP contribution in [0.1, 0.15) is 0 Å². The van der Waals surface area contributed by atoms with Crippen LogP contribution < -0.4 is 0 Å². The second kappa shape index (κ2) is 4.63. The summed E-state index contributed by atoms with van der Waals surface area (Å²) in [7, 11) is 0. The van der Waals surface area contributed by atoms with Gasteiger partial charge in [-0.05, 0) is 16.3 Å². The van der Waals surface area contributed by atoms with Crippen LogP contribution in [0.15, 0.2) is 48.5 Å². The molecule has 0 aliphatic heterocycles. The Kier molecular flexibility index (Phi) is 2.93. The van der Waals surface area contributed by atoms with E-state index in [0.29, 0.717) is 11.5 Å². The first-order valence-corrected chi connectivity index (χ1v) is 5.90. The summed E-state index contributed by atoms with van der Waals surface area (Å²) >= 11 is 0. The number of hydrogen-bond acceptors (Lipinski definition) is 0. The van der Waals surface area contributed by atoms with Gasteiger partial charge in [0.15, 0.2) is 17.5 Å². The lowest BCUT2D eigenvalue weighted by atomic mass is 9.97. The third kappa shape index (κ3) is 1.84. The minimum absolute atomic E-state index is 0.192. The monoisotopic (exact) mass is 276 g/mol.